The van der Waals surface area contributed by atoms with Gasteiger partial charge in [-0.1, -0.05) is 38.8 Å². The van der Waals surface area contributed by atoms with Crippen LogP contribution in [-0.2, 0) is 9.47 Å². The van der Waals surface area contributed by atoms with Crippen LogP contribution in [0.15, 0.2) is 11.6 Å². The fourth-order valence-electron chi connectivity index (χ4n) is 8.23. The monoisotopic (exact) mass is 388 g/mol. The summed E-state index contributed by atoms with van der Waals surface area (Å²) in [4.78, 5) is 0. The van der Waals surface area contributed by atoms with Gasteiger partial charge in [-0.05, 0) is 85.9 Å². The van der Waals surface area contributed by atoms with Crippen LogP contribution in [-0.4, -0.2) is 30.2 Å². The first-order valence-corrected chi connectivity index (χ1v) is 12.1. The molecule has 158 valence electrons. The summed E-state index contributed by atoms with van der Waals surface area (Å²) < 4.78 is 12.5. The van der Waals surface area contributed by atoms with Gasteiger partial charge in [0.05, 0.1) is 12.2 Å². The molecular formula is C25H40O3. The highest BCUT2D eigenvalue weighted by Crippen LogP contribution is 2.68. The fourth-order valence-corrected chi connectivity index (χ4v) is 8.23. The van der Waals surface area contributed by atoms with E-state index in [2.05, 4.69) is 26.8 Å². The minimum Gasteiger partial charge on any atom is -0.393 e. The second-order valence-corrected chi connectivity index (χ2v) is 11.1. The molecule has 0 spiro atoms. The molecule has 9 atom stereocenters. The van der Waals surface area contributed by atoms with E-state index in [1.54, 1.807) is 5.57 Å². The minimum atomic E-state index is -0.103. The summed E-state index contributed by atoms with van der Waals surface area (Å²) >= 11 is 0. The van der Waals surface area contributed by atoms with Gasteiger partial charge in [-0.2, -0.15) is 0 Å². The lowest BCUT2D eigenvalue weighted by Crippen LogP contribution is -2.50. The van der Waals surface area contributed by atoms with E-state index in [9.17, 15) is 5.11 Å². The van der Waals surface area contributed by atoms with E-state index in [1.165, 1.54) is 38.5 Å². The summed E-state index contributed by atoms with van der Waals surface area (Å²) in [5, 5.41) is 10.2. The summed E-state index contributed by atoms with van der Waals surface area (Å²) in [7, 11) is 0. The lowest BCUT2D eigenvalue weighted by molar-refractivity contribution is -0.138. The Labute approximate surface area is 171 Å². The fraction of sp³-hybridized carbons (Fsp3) is 0.920. The summed E-state index contributed by atoms with van der Waals surface area (Å²) in [6.45, 7) is 8.18. The van der Waals surface area contributed by atoms with Gasteiger partial charge in [0.25, 0.3) is 0 Å². The van der Waals surface area contributed by atoms with Gasteiger partial charge in [-0.15, -0.1) is 0 Å². The third kappa shape index (κ3) is 2.87. The highest BCUT2D eigenvalue weighted by atomic mass is 16.7. The Morgan fingerprint density at radius 3 is 2.82 bits per heavy atom. The predicted octanol–water partition coefficient (Wildman–Crippen LogP) is 5.47. The summed E-state index contributed by atoms with van der Waals surface area (Å²) in [6.07, 6.45) is 14.7. The number of fused-ring (bicyclic) bond motifs is 7. The first-order valence-electron chi connectivity index (χ1n) is 12.1. The van der Waals surface area contributed by atoms with Crippen molar-refractivity contribution in [3.05, 3.63) is 11.6 Å². The van der Waals surface area contributed by atoms with Crippen LogP contribution in [0.2, 0.25) is 0 Å². The maximum absolute atomic E-state index is 10.2. The molecule has 0 radical (unpaired) electrons. The van der Waals surface area contributed by atoms with Gasteiger partial charge in [-0.25, -0.2) is 0 Å². The van der Waals surface area contributed by atoms with E-state index in [1.807, 2.05) is 0 Å². The second-order valence-electron chi connectivity index (χ2n) is 11.1. The van der Waals surface area contributed by atoms with Crippen molar-refractivity contribution in [2.75, 3.05) is 6.61 Å². The molecule has 5 aliphatic rings. The molecule has 1 aliphatic heterocycles. The number of aliphatic hydroxyl groups is 1. The van der Waals surface area contributed by atoms with E-state index in [-0.39, 0.29) is 12.4 Å². The van der Waals surface area contributed by atoms with E-state index in [0.29, 0.717) is 22.9 Å². The molecule has 4 aliphatic carbocycles. The van der Waals surface area contributed by atoms with Gasteiger partial charge >= 0.3 is 0 Å². The number of ether oxygens (including phenoxy) is 2. The SMILES string of the molecule is CCCCOC1C[C@H]2[C@H](CC3C4CC=C5CC(O)CCC5(C)C4CCC32C)O1. The van der Waals surface area contributed by atoms with Crippen molar-refractivity contribution in [2.24, 2.45) is 34.5 Å². The van der Waals surface area contributed by atoms with Crippen molar-refractivity contribution in [3.8, 4) is 0 Å². The van der Waals surface area contributed by atoms with Gasteiger partial charge in [0.1, 0.15) is 0 Å². The van der Waals surface area contributed by atoms with Crippen LogP contribution in [0.1, 0.15) is 85.0 Å². The molecule has 5 rings (SSSR count). The van der Waals surface area contributed by atoms with Crippen LogP contribution in [0.4, 0.5) is 0 Å². The quantitative estimate of drug-likeness (QED) is 0.513. The molecule has 0 aromatic carbocycles. The van der Waals surface area contributed by atoms with Crippen molar-refractivity contribution >= 4 is 0 Å². The molecule has 28 heavy (non-hydrogen) atoms. The number of hydrogen-bond donors (Lipinski definition) is 1. The van der Waals surface area contributed by atoms with Gasteiger partial charge in [0.2, 0.25) is 0 Å². The predicted molar refractivity (Wildman–Crippen MR) is 111 cm³/mol. The molecule has 4 fully saturated rings. The molecule has 0 amide bonds. The molecule has 0 bridgehead atoms. The average molecular weight is 389 g/mol. The molecule has 3 saturated carbocycles. The molecule has 7 unspecified atom stereocenters. The summed E-state index contributed by atoms with van der Waals surface area (Å²) in [5.74, 6) is 3.13. The van der Waals surface area contributed by atoms with Crippen LogP contribution in [0.5, 0.6) is 0 Å². The highest BCUT2D eigenvalue weighted by molar-refractivity contribution is 5.25. The van der Waals surface area contributed by atoms with Gasteiger partial charge in [-0.3, -0.25) is 0 Å². The van der Waals surface area contributed by atoms with Crippen LogP contribution in [0.3, 0.4) is 0 Å². The number of hydrogen-bond acceptors (Lipinski definition) is 3. The first kappa shape index (κ1) is 19.6. The number of allylic oxidation sites excluding steroid dienone is 1. The number of aliphatic hydroxyl groups excluding tert-OH is 1. The van der Waals surface area contributed by atoms with Crippen molar-refractivity contribution in [1.29, 1.82) is 0 Å². The van der Waals surface area contributed by atoms with Crippen LogP contribution < -0.4 is 0 Å². The standard InChI is InChI=1S/C25H40O3/c1-4-5-12-27-23-15-21-22(28-23)14-20-18-7-6-16-13-17(26)8-10-24(16,2)19(18)9-11-25(20,21)3/h6,17-23,26H,4-5,7-15H2,1-3H3/t17?,18?,19?,20?,21-,22-,23?,24?,25?/m0/s1. The Hall–Kier alpha value is -0.380. The zero-order valence-corrected chi connectivity index (χ0v) is 18.2. The van der Waals surface area contributed by atoms with Crippen molar-refractivity contribution in [3.63, 3.8) is 0 Å². The highest BCUT2D eigenvalue weighted by Gasteiger charge is 2.63. The van der Waals surface area contributed by atoms with Crippen molar-refractivity contribution in [1.82, 2.24) is 0 Å². The lowest BCUT2D eigenvalue weighted by Gasteiger charge is -2.58. The zero-order chi connectivity index (χ0) is 19.5. The van der Waals surface area contributed by atoms with Crippen LogP contribution >= 0.6 is 0 Å². The number of rotatable bonds is 4. The molecule has 3 nitrogen and oxygen atoms in total. The molecule has 1 heterocycles. The minimum absolute atomic E-state index is 0.0484. The summed E-state index contributed by atoms with van der Waals surface area (Å²) in [5.41, 5.74) is 2.35. The van der Waals surface area contributed by atoms with Gasteiger partial charge in [0.15, 0.2) is 6.29 Å². The van der Waals surface area contributed by atoms with Crippen molar-refractivity contribution in [2.45, 2.75) is 103 Å². The molecule has 0 aromatic rings. The Morgan fingerprint density at radius 1 is 1.14 bits per heavy atom. The van der Waals surface area contributed by atoms with Crippen molar-refractivity contribution < 1.29 is 14.6 Å². The molecular weight excluding hydrogens is 348 g/mol. The second kappa shape index (κ2) is 7.10. The third-order valence-electron chi connectivity index (χ3n) is 9.87. The van der Waals surface area contributed by atoms with E-state index >= 15 is 0 Å². The maximum atomic E-state index is 10.2. The van der Waals surface area contributed by atoms with E-state index in [0.717, 1.165) is 50.0 Å². The first-order chi connectivity index (χ1) is 13.5. The van der Waals surface area contributed by atoms with E-state index in [4.69, 9.17) is 9.47 Å². The molecule has 1 N–H and O–H groups in total. The largest absolute Gasteiger partial charge is 0.393 e. The van der Waals surface area contributed by atoms with Crippen LogP contribution in [0, 0.1) is 34.5 Å². The molecule has 3 heteroatoms. The maximum Gasteiger partial charge on any atom is 0.158 e. The molecule has 1 saturated heterocycles. The number of unbranched alkanes of at least 4 members (excludes halogenated alkanes) is 1. The van der Waals surface area contributed by atoms with E-state index < -0.39 is 0 Å². The average Bonchev–Trinajstić information content (AvgIpc) is 3.19. The normalized spacial score (nSPS) is 52.4. The summed E-state index contributed by atoms with van der Waals surface area (Å²) in [6, 6.07) is 0. The molecule has 0 aromatic heterocycles. The Morgan fingerprint density at radius 2 is 2.00 bits per heavy atom. The third-order valence-corrected chi connectivity index (χ3v) is 9.87. The Balaban J connectivity index is 1.33. The Bertz CT molecular complexity index is 629. The lowest BCUT2D eigenvalue weighted by atomic mass is 9.47. The van der Waals surface area contributed by atoms with Gasteiger partial charge < -0.3 is 14.6 Å². The van der Waals surface area contributed by atoms with Gasteiger partial charge in [0, 0.05) is 13.0 Å². The topological polar surface area (TPSA) is 38.7 Å². The smallest absolute Gasteiger partial charge is 0.158 e. The van der Waals surface area contributed by atoms with Crippen LogP contribution in [0.25, 0.3) is 0 Å². The zero-order valence-electron chi connectivity index (χ0n) is 18.2. The Kier molecular flexibility index (Phi) is 4.96.